The molecular weight excluding hydrogens is 258 g/mol. The summed E-state index contributed by atoms with van der Waals surface area (Å²) in [6, 6.07) is 9.72. The number of rotatable bonds is 4. The fraction of sp³-hybridized carbons (Fsp3) is 0.0714. The Labute approximate surface area is 115 Å². The number of carbonyl (C=O) groups is 1. The molecule has 0 saturated carbocycles. The van der Waals surface area contributed by atoms with Crippen LogP contribution in [-0.2, 0) is 0 Å². The number of hydrazone groups is 1. The van der Waals surface area contributed by atoms with Gasteiger partial charge in [0.15, 0.2) is 0 Å². The number of phenolic OH excluding ortho intramolecular Hbond substituents is 1. The summed E-state index contributed by atoms with van der Waals surface area (Å²) in [4.78, 5) is 15.6. The zero-order valence-corrected chi connectivity index (χ0v) is 10.8. The van der Waals surface area contributed by atoms with Crippen LogP contribution in [0.25, 0.3) is 0 Å². The molecule has 0 radical (unpaired) electrons. The van der Waals surface area contributed by atoms with E-state index in [1.165, 1.54) is 25.6 Å². The van der Waals surface area contributed by atoms with Gasteiger partial charge in [0.1, 0.15) is 17.2 Å². The van der Waals surface area contributed by atoms with Crippen LogP contribution in [0.1, 0.15) is 16.1 Å². The predicted octanol–water partition coefficient (Wildman–Crippen LogP) is 1.56. The first-order valence-electron chi connectivity index (χ1n) is 5.82. The van der Waals surface area contributed by atoms with Gasteiger partial charge >= 0.3 is 0 Å². The van der Waals surface area contributed by atoms with Crippen LogP contribution in [-0.4, -0.2) is 29.3 Å². The molecule has 102 valence electrons. The largest absolute Gasteiger partial charge is 0.507 e. The molecule has 1 heterocycles. The monoisotopic (exact) mass is 271 g/mol. The number of phenols is 1. The first kappa shape index (κ1) is 13.5. The maximum absolute atomic E-state index is 11.7. The predicted molar refractivity (Wildman–Crippen MR) is 74.0 cm³/mol. The number of aromatic hydroxyl groups is 1. The standard InChI is InChI=1S/C14H13N3O3/c1-20-11-5-6-13(18)10(8-11)9-16-17-14(19)12-4-2-3-7-15-12/h2-9,18H,1H3,(H,17,19). The van der Waals surface area contributed by atoms with Crippen LogP contribution in [0.3, 0.4) is 0 Å². The molecule has 6 nitrogen and oxygen atoms in total. The summed E-state index contributed by atoms with van der Waals surface area (Å²) < 4.78 is 5.04. The molecule has 2 rings (SSSR count). The third-order valence-corrected chi connectivity index (χ3v) is 2.50. The van der Waals surface area contributed by atoms with Crippen molar-refractivity contribution in [1.82, 2.24) is 10.4 Å². The molecular formula is C14H13N3O3. The molecule has 0 saturated heterocycles. The minimum atomic E-state index is -0.427. The van der Waals surface area contributed by atoms with E-state index in [1.807, 2.05) is 0 Å². The maximum Gasteiger partial charge on any atom is 0.289 e. The quantitative estimate of drug-likeness (QED) is 0.653. The molecule has 1 aromatic heterocycles. The molecule has 0 aliphatic carbocycles. The minimum absolute atomic E-state index is 0.0432. The molecule has 0 atom stereocenters. The average Bonchev–Trinajstić information content (AvgIpc) is 2.50. The number of nitrogens with zero attached hydrogens (tertiary/aromatic N) is 2. The van der Waals surface area contributed by atoms with Crippen LogP contribution < -0.4 is 10.2 Å². The molecule has 1 aromatic carbocycles. The maximum atomic E-state index is 11.7. The Morgan fingerprint density at radius 2 is 2.25 bits per heavy atom. The second-order valence-electron chi connectivity index (χ2n) is 3.84. The molecule has 2 aromatic rings. The first-order chi connectivity index (χ1) is 9.70. The SMILES string of the molecule is COc1ccc(O)c(C=NNC(=O)c2ccccn2)c1. The number of amides is 1. The van der Waals surface area contributed by atoms with Crippen molar-refractivity contribution >= 4 is 12.1 Å². The van der Waals surface area contributed by atoms with Gasteiger partial charge in [0.2, 0.25) is 0 Å². The second-order valence-corrected chi connectivity index (χ2v) is 3.84. The van der Waals surface area contributed by atoms with Crippen molar-refractivity contribution in [3.05, 3.63) is 53.9 Å². The van der Waals surface area contributed by atoms with Gasteiger partial charge in [-0.05, 0) is 30.3 Å². The number of nitrogens with one attached hydrogen (secondary N) is 1. The first-order valence-corrected chi connectivity index (χ1v) is 5.82. The van der Waals surface area contributed by atoms with E-state index in [9.17, 15) is 9.90 Å². The van der Waals surface area contributed by atoms with Gasteiger partial charge in [-0.2, -0.15) is 5.10 Å². The average molecular weight is 271 g/mol. The number of aromatic nitrogens is 1. The lowest BCUT2D eigenvalue weighted by Gasteiger charge is -2.03. The lowest BCUT2D eigenvalue weighted by Crippen LogP contribution is -2.18. The smallest absolute Gasteiger partial charge is 0.289 e. The zero-order valence-electron chi connectivity index (χ0n) is 10.8. The van der Waals surface area contributed by atoms with Gasteiger partial charge in [0, 0.05) is 11.8 Å². The Morgan fingerprint density at radius 3 is 2.95 bits per heavy atom. The minimum Gasteiger partial charge on any atom is -0.507 e. The van der Waals surface area contributed by atoms with Gasteiger partial charge in [0.05, 0.1) is 13.3 Å². The van der Waals surface area contributed by atoms with Crippen molar-refractivity contribution in [2.24, 2.45) is 5.10 Å². The van der Waals surface area contributed by atoms with E-state index in [-0.39, 0.29) is 11.4 Å². The van der Waals surface area contributed by atoms with E-state index >= 15 is 0 Å². The molecule has 20 heavy (non-hydrogen) atoms. The van der Waals surface area contributed by atoms with Crippen molar-refractivity contribution < 1.29 is 14.6 Å². The fourth-order valence-corrected chi connectivity index (χ4v) is 1.48. The lowest BCUT2D eigenvalue weighted by molar-refractivity contribution is 0.0950. The van der Waals surface area contributed by atoms with Gasteiger partial charge in [0.25, 0.3) is 5.91 Å². The molecule has 0 fully saturated rings. The molecule has 2 N–H and O–H groups in total. The van der Waals surface area contributed by atoms with Gasteiger partial charge in [-0.15, -0.1) is 0 Å². The van der Waals surface area contributed by atoms with Crippen LogP contribution in [0.15, 0.2) is 47.7 Å². The highest BCUT2D eigenvalue weighted by molar-refractivity contribution is 5.93. The number of benzene rings is 1. The summed E-state index contributed by atoms with van der Waals surface area (Å²) in [5.41, 5.74) is 3.03. The molecule has 0 aliphatic rings. The van der Waals surface area contributed by atoms with Crippen LogP contribution in [0.5, 0.6) is 11.5 Å². The van der Waals surface area contributed by atoms with Crippen molar-refractivity contribution in [2.45, 2.75) is 0 Å². The topological polar surface area (TPSA) is 83.8 Å². The molecule has 0 unspecified atom stereocenters. The highest BCUT2D eigenvalue weighted by Gasteiger charge is 2.04. The Hall–Kier alpha value is -2.89. The Balaban J connectivity index is 2.05. The lowest BCUT2D eigenvalue weighted by atomic mass is 10.2. The second kappa shape index (κ2) is 6.33. The van der Waals surface area contributed by atoms with E-state index < -0.39 is 5.91 Å². The van der Waals surface area contributed by atoms with Crippen LogP contribution >= 0.6 is 0 Å². The Kier molecular flexibility index (Phi) is 4.28. The molecule has 6 heteroatoms. The summed E-state index contributed by atoms with van der Waals surface area (Å²) in [5.74, 6) is 0.200. The van der Waals surface area contributed by atoms with E-state index in [1.54, 1.807) is 30.3 Å². The van der Waals surface area contributed by atoms with Gasteiger partial charge in [-0.1, -0.05) is 6.07 Å². The molecule has 0 bridgehead atoms. The number of pyridine rings is 1. The normalized spacial score (nSPS) is 10.4. The van der Waals surface area contributed by atoms with E-state index in [2.05, 4.69) is 15.5 Å². The van der Waals surface area contributed by atoms with Crippen molar-refractivity contribution in [3.63, 3.8) is 0 Å². The molecule has 1 amide bonds. The summed E-state index contributed by atoms with van der Waals surface area (Å²) in [5, 5.41) is 13.4. The summed E-state index contributed by atoms with van der Waals surface area (Å²) >= 11 is 0. The van der Waals surface area contributed by atoms with E-state index in [0.29, 0.717) is 11.3 Å². The summed E-state index contributed by atoms with van der Waals surface area (Å²) in [7, 11) is 1.52. The third kappa shape index (κ3) is 3.32. The van der Waals surface area contributed by atoms with E-state index in [0.717, 1.165) is 0 Å². The third-order valence-electron chi connectivity index (χ3n) is 2.50. The van der Waals surface area contributed by atoms with Crippen LogP contribution in [0, 0.1) is 0 Å². The van der Waals surface area contributed by atoms with Crippen molar-refractivity contribution in [2.75, 3.05) is 7.11 Å². The number of ether oxygens (including phenoxy) is 1. The molecule has 0 spiro atoms. The zero-order chi connectivity index (χ0) is 14.4. The highest BCUT2D eigenvalue weighted by Crippen LogP contribution is 2.20. The van der Waals surface area contributed by atoms with Crippen LogP contribution in [0.4, 0.5) is 0 Å². The highest BCUT2D eigenvalue weighted by atomic mass is 16.5. The summed E-state index contributed by atoms with van der Waals surface area (Å²) in [6.45, 7) is 0. The summed E-state index contributed by atoms with van der Waals surface area (Å²) in [6.07, 6.45) is 2.85. The number of carbonyl (C=O) groups excluding carboxylic acids is 1. The van der Waals surface area contributed by atoms with Gasteiger partial charge in [-0.25, -0.2) is 5.43 Å². The van der Waals surface area contributed by atoms with Crippen molar-refractivity contribution in [3.8, 4) is 11.5 Å². The van der Waals surface area contributed by atoms with Crippen LogP contribution in [0.2, 0.25) is 0 Å². The number of methoxy groups -OCH3 is 1. The Bertz CT molecular complexity index is 627. The fourth-order valence-electron chi connectivity index (χ4n) is 1.48. The van der Waals surface area contributed by atoms with Gasteiger partial charge < -0.3 is 9.84 Å². The number of hydrogen-bond acceptors (Lipinski definition) is 5. The molecule has 0 aliphatic heterocycles. The van der Waals surface area contributed by atoms with Gasteiger partial charge in [-0.3, -0.25) is 9.78 Å². The number of hydrogen-bond donors (Lipinski definition) is 2. The van der Waals surface area contributed by atoms with Crippen molar-refractivity contribution in [1.29, 1.82) is 0 Å². The Morgan fingerprint density at radius 1 is 1.40 bits per heavy atom. The van der Waals surface area contributed by atoms with E-state index in [4.69, 9.17) is 4.74 Å².